The highest BCUT2D eigenvalue weighted by Crippen LogP contribution is 2.29. The van der Waals surface area contributed by atoms with Gasteiger partial charge in [0.25, 0.3) is 0 Å². The lowest BCUT2D eigenvalue weighted by atomic mass is 9.77. The summed E-state index contributed by atoms with van der Waals surface area (Å²) >= 11 is 0. The highest BCUT2D eigenvalue weighted by molar-refractivity contribution is 6.01. The predicted molar refractivity (Wildman–Crippen MR) is 147 cm³/mol. The third kappa shape index (κ3) is 10.1. The highest BCUT2D eigenvalue weighted by Gasteiger charge is 2.40. The van der Waals surface area contributed by atoms with E-state index >= 15 is 0 Å². The van der Waals surface area contributed by atoms with Crippen LogP contribution in [0.25, 0.3) is 0 Å². The molecule has 0 aromatic heterocycles. The molecule has 38 heavy (non-hydrogen) atoms. The molecule has 0 aromatic rings. The van der Waals surface area contributed by atoms with Crippen molar-refractivity contribution in [3.05, 3.63) is 0 Å². The molecule has 1 saturated heterocycles. The zero-order valence-corrected chi connectivity index (χ0v) is 24.5. The minimum atomic E-state index is -1.53. The normalized spacial score (nSPS) is 17.7. The number of nitrogens with zero attached hydrogens (tertiary/aromatic N) is 1. The number of amides is 4. The second-order valence-electron chi connectivity index (χ2n) is 11.5. The van der Waals surface area contributed by atoms with E-state index < -0.39 is 22.8 Å². The highest BCUT2D eigenvalue weighted by atomic mass is 16.3. The van der Waals surface area contributed by atoms with Crippen molar-refractivity contribution in [2.75, 3.05) is 13.1 Å². The van der Waals surface area contributed by atoms with Gasteiger partial charge in [-0.1, -0.05) is 59.8 Å². The first-order chi connectivity index (χ1) is 17.8. The molecule has 3 N–H and O–H groups in total. The Morgan fingerprint density at radius 1 is 0.947 bits per heavy atom. The summed E-state index contributed by atoms with van der Waals surface area (Å²) in [6, 6.07) is 0. The molecule has 3 atom stereocenters. The summed E-state index contributed by atoms with van der Waals surface area (Å²) in [4.78, 5) is 63.6. The molecule has 0 radical (unpaired) electrons. The number of aliphatic hydroxyl groups is 1. The Hall–Kier alpha value is -2.29. The number of ketones is 1. The molecule has 0 aliphatic carbocycles. The maximum absolute atomic E-state index is 13.4. The molecular formula is C29H51N3O6. The van der Waals surface area contributed by atoms with Gasteiger partial charge in [0, 0.05) is 31.3 Å². The van der Waals surface area contributed by atoms with Crippen LogP contribution in [-0.2, 0) is 24.0 Å². The lowest BCUT2D eigenvalue weighted by Crippen LogP contribution is -2.57. The average Bonchev–Trinajstić information content (AvgIpc) is 3.16. The summed E-state index contributed by atoms with van der Waals surface area (Å²) in [5.41, 5.74) is -2.30. The molecule has 1 aliphatic rings. The van der Waals surface area contributed by atoms with E-state index in [0.717, 1.165) is 25.7 Å². The van der Waals surface area contributed by atoms with E-state index in [1.807, 2.05) is 13.8 Å². The Balaban J connectivity index is 2.77. The van der Waals surface area contributed by atoms with Crippen molar-refractivity contribution in [3.63, 3.8) is 0 Å². The van der Waals surface area contributed by atoms with Crippen LogP contribution in [0.15, 0.2) is 0 Å². The molecular weight excluding hydrogens is 486 g/mol. The van der Waals surface area contributed by atoms with Gasteiger partial charge in [-0.2, -0.15) is 0 Å². The molecule has 1 rings (SSSR count). The monoisotopic (exact) mass is 537 g/mol. The van der Waals surface area contributed by atoms with Gasteiger partial charge < -0.3 is 15.7 Å². The molecule has 0 bridgehead atoms. The zero-order chi connectivity index (χ0) is 28.9. The number of carbonyl (C=O) groups excluding carboxylic acids is 5. The Labute approximate surface area is 228 Å². The maximum atomic E-state index is 13.4. The quantitative estimate of drug-likeness (QED) is 0.170. The van der Waals surface area contributed by atoms with Crippen LogP contribution in [0.5, 0.6) is 0 Å². The fraction of sp³-hybridized carbons (Fsp3) is 0.828. The van der Waals surface area contributed by atoms with Crippen molar-refractivity contribution in [1.82, 2.24) is 15.5 Å². The minimum absolute atomic E-state index is 0.120. The molecule has 3 unspecified atom stereocenters. The average molecular weight is 538 g/mol. The van der Waals surface area contributed by atoms with Crippen molar-refractivity contribution in [3.8, 4) is 0 Å². The van der Waals surface area contributed by atoms with Crippen LogP contribution in [0.4, 0.5) is 0 Å². The van der Waals surface area contributed by atoms with Crippen LogP contribution in [0.2, 0.25) is 0 Å². The van der Waals surface area contributed by atoms with Crippen LogP contribution in [-0.4, -0.2) is 63.6 Å². The van der Waals surface area contributed by atoms with Crippen molar-refractivity contribution in [2.45, 2.75) is 130 Å². The van der Waals surface area contributed by atoms with Crippen LogP contribution in [0.3, 0.4) is 0 Å². The molecule has 0 saturated carbocycles. The summed E-state index contributed by atoms with van der Waals surface area (Å²) in [7, 11) is 0. The summed E-state index contributed by atoms with van der Waals surface area (Å²) in [6.45, 7) is 11.1. The van der Waals surface area contributed by atoms with E-state index in [2.05, 4.69) is 17.6 Å². The van der Waals surface area contributed by atoms with Gasteiger partial charge in [0.05, 0.1) is 12.5 Å². The second kappa shape index (κ2) is 16.0. The van der Waals surface area contributed by atoms with Gasteiger partial charge >= 0.3 is 0 Å². The number of Topliss-reactive ketones (excluding diaryl/α,β-unsaturated/α-hetero) is 1. The van der Waals surface area contributed by atoms with Crippen LogP contribution in [0, 0.1) is 11.8 Å². The predicted octanol–water partition coefficient (Wildman–Crippen LogP) is 3.66. The van der Waals surface area contributed by atoms with E-state index in [4.69, 9.17) is 0 Å². The zero-order valence-electron chi connectivity index (χ0n) is 24.5. The van der Waals surface area contributed by atoms with Crippen LogP contribution in [0.1, 0.15) is 119 Å². The van der Waals surface area contributed by atoms with Gasteiger partial charge in [0.2, 0.25) is 23.6 Å². The van der Waals surface area contributed by atoms with E-state index in [9.17, 15) is 29.1 Å². The lowest BCUT2D eigenvalue weighted by Gasteiger charge is -2.38. The SMILES string of the molecule is CCCCCC(C(=O)NCC(=O)C(C)(O)C(C)C)C(C)(CCC)NC(=O)CCCCCN1C(=O)CCC1=O. The summed E-state index contributed by atoms with van der Waals surface area (Å²) < 4.78 is 0. The molecule has 0 aromatic carbocycles. The number of nitrogens with one attached hydrogen (secondary N) is 2. The standard InChI is InChI=1S/C29H51N3O6/c1-7-9-11-14-22(27(37)30-20-23(33)29(6,38)21(3)4)28(5,18-8-2)31-24(34)15-12-10-13-19-32-25(35)16-17-26(32)36/h21-22,38H,7-20H2,1-6H3,(H,30,37)(H,31,34). The summed E-state index contributed by atoms with van der Waals surface area (Å²) in [6.07, 6.45) is 7.62. The molecule has 0 spiro atoms. The minimum Gasteiger partial charge on any atom is -0.382 e. The summed E-state index contributed by atoms with van der Waals surface area (Å²) in [5.74, 6) is -1.90. The Kier molecular flexibility index (Phi) is 14.2. The molecule has 9 heteroatoms. The third-order valence-electron chi connectivity index (χ3n) is 7.93. The topological polar surface area (TPSA) is 133 Å². The molecule has 218 valence electrons. The van der Waals surface area contributed by atoms with Crippen LogP contribution < -0.4 is 10.6 Å². The fourth-order valence-corrected chi connectivity index (χ4v) is 4.96. The Bertz CT molecular complexity index is 809. The first-order valence-electron chi connectivity index (χ1n) is 14.5. The third-order valence-corrected chi connectivity index (χ3v) is 7.93. The Morgan fingerprint density at radius 2 is 1.58 bits per heavy atom. The van der Waals surface area contributed by atoms with Gasteiger partial charge in [0.15, 0.2) is 5.78 Å². The molecule has 1 heterocycles. The van der Waals surface area contributed by atoms with E-state index in [0.29, 0.717) is 45.1 Å². The van der Waals surface area contributed by atoms with Crippen molar-refractivity contribution < 1.29 is 29.1 Å². The van der Waals surface area contributed by atoms with Gasteiger partial charge in [-0.3, -0.25) is 28.9 Å². The first-order valence-corrected chi connectivity index (χ1v) is 14.5. The summed E-state index contributed by atoms with van der Waals surface area (Å²) in [5, 5.41) is 16.3. The number of hydrogen-bond acceptors (Lipinski definition) is 6. The van der Waals surface area contributed by atoms with E-state index in [-0.39, 0.29) is 48.9 Å². The maximum Gasteiger partial charge on any atom is 0.229 e. The molecule has 4 amide bonds. The molecule has 1 fully saturated rings. The number of hydrogen-bond donors (Lipinski definition) is 3. The smallest absolute Gasteiger partial charge is 0.229 e. The van der Waals surface area contributed by atoms with Crippen molar-refractivity contribution in [2.24, 2.45) is 11.8 Å². The van der Waals surface area contributed by atoms with Gasteiger partial charge in [0.1, 0.15) is 5.60 Å². The van der Waals surface area contributed by atoms with E-state index in [1.165, 1.54) is 11.8 Å². The number of unbranched alkanes of at least 4 members (excludes halogenated alkanes) is 4. The van der Waals surface area contributed by atoms with Gasteiger partial charge in [-0.05, 0) is 45.4 Å². The van der Waals surface area contributed by atoms with E-state index in [1.54, 1.807) is 13.8 Å². The number of carbonyl (C=O) groups is 5. The van der Waals surface area contributed by atoms with Crippen molar-refractivity contribution in [1.29, 1.82) is 0 Å². The van der Waals surface area contributed by atoms with Gasteiger partial charge in [-0.25, -0.2) is 0 Å². The number of likely N-dealkylation sites (tertiary alicyclic amines) is 1. The molecule has 9 nitrogen and oxygen atoms in total. The van der Waals surface area contributed by atoms with Crippen molar-refractivity contribution >= 4 is 29.4 Å². The lowest BCUT2D eigenvalue weighted by molar-refractivity contribution is -0.141. The second-order valence-corrected chi connectivity index (χ2v) is 11.5. The largest absolute Gasteiger partial charge is 0.382 e. The van der Waals surface area contributed by atoms with Gasteiger partial charge in [-0.15, -0.1) is 0 Å². The number of imide groups is 1. The Morgan fingerprint density at radius 3 is 2.13 bits per heavy atom. The fourth-order valence-electron chi connectivity index (χ4n) is 4.96. The van der Waals surface area contributed by atoms with Crippen LogP contribution >= 0.6 is 0 Å². The molecule has 1 aliphatic heterocycles. The first kappa shape index (κ1) is 33.7. The number of rotatable bonds is 19.